The molecule has 2 aromatic rings. The molecule has 26 heavy (non-hydrogen) atoms. The maximum absolute atomic E-state index is 12.0. The highest BCUT2D eigenvalue weighted by atomic mass is 16.1. The number of rotatable bonds is 7. The summed E-state index contributed by atoms with van der Waals surface area (Å²) in [6.07, 6.45) is 4.25. The Labute approximate surface area is 155 Å². The summed E-state index contributed by atoms with van der Waals surface area (Å²) < 4.78 is 0. The van der Waals surface area contributed by atoms with Crippen molar-refractivity contribution in [3.05, 3.63) is 65.5 Å². The molecule has 0 aliphatic rings. The van der Waals surface area contributed by atoms with E-state index in [2.05, 4.69) is 56.7 Å². The van der Waals surface area contributed by atoms with Crippen molar-refractivity contribution in [1.29, 1.82) is 0 Å². The van der Waals surface area contributed by atoms with Gasteiger partial charge in [-0.05, 0) is 29.7 Å². The Bertz CT molecular complexity index is 713. The number of aromatic nitrogens is 1. The zero-order chi connectivity index (χ0) is 18.8. The molecule has 2 rings (SSSR count). The monoisotopic (exact) mass is 353 g/mol. The number of amides is 1. The van der Waals surface area contributed by atoms with Gasteiger partial charge in [0.2, 0.25) is 0 Å². The molecule has 0 spiro atoms. The fourth-order valence-corrected chi connectivity index (χ4v) is 2.56. The Kier molecular flexibility index (Phi) is 7.61. The van der Waals surface area contributed by atoms with Crippen molar-refractivity contribution in [2.24, 2.45) is 4.99 Å². The van der Waals surface area contributed by atoms with E-state index in [1.807, 2.05) is 7.05 Å². The van der Waals surface area contributed by atoms with Crippen molar-refractivity contribution >= 4 is 11.9 Å². The number of nitrogens with one attached hydrogen (secondary N) is 2. The van der Waals surface area contributed by atoms with Crippen LogP contribution in [0.5, 0.6) is 0 Å². The molecule has 6 nitrogen and oxygen atoms in total. The first kappa shape index (κ1) is 19.4. The fourth-order valence-electron chi connectivity index (χ4n) is 2.56. The molecule has 0 aliphatic heterocycles. The number of carbonyl (C=O) groups is 1. The van der Waals surface area contributed by atoms with E-state index in [0.717, 1.165) is 18.9 Å². The van der Waals surface area contributed by atoms with E-state index in [1.165, 1.54) is 11.1 Å². The smallest absolute Gasteiger partial charge is 0.252 e. The average molecular weight is 353 g/mol. The van der Waals surface area contributed by atoms with Gasteiger partial charge in [0.05, 0.1) is 5.56 Å². The van der Waals surface area contributed by atoms with Crippen molar-refractivity contribution in [3.8, 4) is 0 Å². The van der Waals surface area contributed by atoms with E-state index >= 15 is 0 Å². The van der Waals surface area contributed by atoms with Crippen LogP contribution in [0.15, 0.2) is 53.8 Å². The van der Waals surface area contributed by atoms with E-state index in [1.54, 1.807) is 31.6 Å². The number of benzene rings is 1. The van der Waals surface area contributed by atoms with Crippen LogP contribution in [0.4, 0.5) is 0 Å². The van der Waals surface area contributed by atoms with Crippen molar-refractivity contribution < 1.29 is 4.79 Å². The zero-order valence-electron chi connectivity index (χ0n) is 15.7. The summed E-state index contributed by atoms with van der Waals surface area (Å²) >= 11 is 0. The Morgan fingerprint density at radius 2 is 1.81 bits per heavy atom. The molecule has 0 unspecified atom stereocenters. The van der Waals surface area contributed by atoms with Crippen LogP contribution in [0.3, 0.4) is 0 Å². The standard InChI is InChI=1S/C20H27N5O/c1-4-16-7-9-17(10-8-16)15-25(3)20(21-2)24-13-12-23-19(26)18-6-5-11-22-14-18/h5-11,14H,4,12-13,15H2,1-3H3,(H,21,24)(H,23,26). The lowest BCUT2D eigenvalue weighted by molar-refractivity contribution is 0.0954. The molecule has 0 saturated heterocycles. The van der Waals surface area contributed by atoms with Crippen LogP contribution in [-0.4, -0.2) is 48.9 Å². The number of aliphatic imine (C=N–C) groups is 1. The highest BCUT2D eigenvalue weighted by Crippen LogP contribution is 2.07. The number of pyridine rings is 1. The lowest BCUT2D eigenvalue weighted by Crippen LogP contribution is -2.42. The molecular weight excluding hydrogens is 326 g/mol. The van der Waals surface area contributed by atoms with Gasteiger partial charge in [0, 0.05) is 46.1 Å². The third kappa shape index (κ3) is 5.88. The number of nitrogens with zero attached hydrogens (tertiary/aromatic N) is 3. The molecule has 0 fully saturated rings. The predicted molar refractivity (Wildman–Crippen MR) is 105 cm³/mol. The number of hydrogen-bond acceptors (Lipinski definition) is 3. The van der Waals surface area contributed by atoms with Crippen LogP contribution in [-0.2, 0) is 13.0 Å². The molecule has 0 radical (unpaired) electrons. The van der Waals surface area contributed by atoms with E-state index < -0.39 is 0 Å². The Hall–Kier alpha value is -2.89. The van der Waals surface area contributed by atoms with Crippen LogP contribution < -0.4 is 10.6 Å². The molecule has 0 atom stereocenters. The molecule has 2 N–H and O–H groups in total. The van der Waals surface area contributed by atoms with Gasteiger partial charge in [-0.2, -0.15) is 0 Å². The first-order valence-corrected chi connectivity index (χ1v) is 8.82. The van der Waals surface area contributed by atoms with Gasteiger partial charge in [-0.25, -0.2) is 0 Å². The number of carbonyl (C=O) groups excluding carboxylic acids is 1. The van der Waals surface area contributed by atoms with Crippen molar-refractivity contribution in [3.63, 3.8) is 0 Å². The second kappa shape index (κ2) is 10.2. The van der Waals surface area contributed by atoms with Gasteiger partial charge in [-0.3, -0.25) is 14.8 Å². The normalized spacial score (nSPS) is 11.1. The van der Waals surface area contributed by atoms with Crippen molar-refractivity contribution in [1.82, 2.24) is 20.5 Å². The summed E-state index contributed by atoms with van der Waals surface area (Å²) in [6, 6.07) is 12.1. The third-order valence-electron chi connectivity index (χ3n) is 4.04. The minimum atomic E-state index is -0.126. The van der Waals surface area contributed by atoms with Crippen molar-refractivity contribution in [2.45, 2.75) is 19.9 Å². The van der Waals surface area contributed by atoms with Gasteiger partial charge in [-0.1, -0.05) is 31.2 Å². The second-order valence-electron chi connectivity index (χ2n) is 6.00. The van der Waals surface area contributed by atoms with E-state index in [4.69, 9.17) is 0 Å². The third-order valence-corrected chi connectivity index (χ3v) is 4.04. The Morgan fingerprint density at radius 3 is 2.42 bits per heavy atom. The summed E-state index contributed by atoms with van der Waals surface area (Å²) in [4.78, 5) is 22.3. The van der Waals surface area contributed by atoms with E-state index in [0.29, 0.717) is 18.7 Å². The SMILES string of the molecule is CCc1ccc(CN(C)C(=NC)NCCNC(=O)c2cccnc2)cc1. The zero-order valence-corrected chi connectivity index (χ0v) is 15.7. The fraction of sp³-hybridized carbons (Fsp3) is 0.350. The van der Waals surface area contributed by atoms with Crippen molar-refractivity contribution in [2.75, 3.05) is 27.2 Å². The molecule has 1 amide bonds. The summed E-state index contributed by atoms with van der Waals surface area (Å²) in [7, 11) is 3.75. The lowest BCUT2D eigenvalue weighted by Gasteiger charge is -2.22. The van der Waals surface area contributed by atoms with Crippen LogP contribution >= 0.6 is 0 Å². The van der Waals surface area contributed by atoms with Gasteiger partial charge in [0.15, 0.2) is 5.96 Å². The minimum absolute atomic E-state index is 0.126. The van der Waals surface area contributed by atoms with Gasteiger partial charge >= 0.3 is 0 Å². The minimum Gasteiger partial charge on any atom is -0.354 e. The predicted octanol–water partition coefficient (Wildman–Crippen LogP) is 2.08. The van der Waals surface area contributed by atoms with E-state index in [9.17, 15) is 4.79 Å². The molecule has 138 valence electrons. The van der Waals surface area contributed by atoms with Gasteiger partial charge in [-0.15, -0.1) is 0 Å². The number of aryl methyl sites for hydroxylation is 1. The molecule has 1 aromatic carbocycles. The molecular formula is C20H27N5O. The van der Waals surface area contributed by atoms with Gasteiger partial charge in [0.1, 0.15) is 0 Å². The number of hydrogen-bond donors (Lipinski definition) is 2. The molecule has 1 heterocycles. The lowest BCUT2D eigenvalue weighted by atomic mass is 10.1. The van der Waals surface area contributed by atoms with Crippen LogP contribution in [0.1, 0.15) is 28.4 Å². The van der Waals surface area contributed by atoms with Crippen LogP contribution in [0, 0.1) is 0 Å². The molecule has 6 heteroatoms. The van der Waals surface area contributed by atoms with Gasteiger partial charge < -0.3 is 15.5 Å². The maximum atomic E-state index is 12.0. The average Bonchev–Trinajstić information content (AvgIpc) is 2.69. The van der Waals surface area contributed by atoms with E-state index in [-0.39, 0.29) is 5.91 Å². The molecule has 0 aliphatic carbocycles. The summed E-state index contributed by atoms with van der Waals surface area (Å²) in [6.45, 7) is 4.02. The molecule has 1 aromatic heterocycles. The Morgan fingerprint density at radius 1 is 1.12 bits per heavy atom. The first-order valence-electron chi connectivity index (χ1n) is 8.82. The summed E-state index contributed by atoms with van der Waals surface area (Å²) in [5.41, 5.74) is 3.13. The maximum Gasteiger partial charge on any atom is 0.252 e. The van der Waals surface area contributed by atoms with Gasteiger partial charge in [0.25, 0.3) is 5.91 Å². The quantitative estimate of drug-likeness (QED) is 0.454. The van der Waals surface area contributed by atoms with Crippen LogP contribution in [0.2, 0.25) is 0 Å². The number of guanidine groups is 1. The molecule has 0 bridgehead atoms. The summed E-state index contributed by atoms with van der Waals surface area (Å²) in [5.74, 6) is 0.666. The second-order valence-corrected chi connectivity index (χ2v) is 6.00. The first-order chi connectivity index (χ1) is 12.6. The van der Waals surface area contributed by atoms with Crippen LogP contribution in [0.25, 0.3) is 0 Å². The highest BCUT2D eigenvalue weighted by Gasteiger charge is 2.07. The highest BCUT2D eigenvalue weighted by molar-refractivity contribution is 5.93. The topological polar surface area (TPSA) is 69.6 Å². The largest absolute Gasteiger partial charge is 0.354 e. The summed E-state index contributed by atoms with van der Waals surface area (Å²) in [5, 5.41) is 6.13. The Balaban J connectivity index is 1.76. The molecule has 0 saturated carbocycles.